The van der Waals surface area contributed by atoms with Gasteiger partial charge in [-0.15, -0.1) is 5.10 Å². The Labute approximate surface area is 74.3 Å². The summed E-state index contributed by atoms with van der Waals surface area (Å²) in [5.74, 6) is 0. The highest BCUT2D eigenvalue weighted by atomic mass is 35.5. The van der Waals surface area contributed by atoms with E-state index in [1.807, 2.05) is 0 Å². The SMILES string of the molecule is COCc1cc(Cl)c(Cl)nn1. The van der Waals surface area contributed by atoms with Crippen LogP contribution in [0.4, 0.5) is 0 Å². The molecule has 1 aromatic rings. The van der Waals surface area contributed by atoms with Gasteiger partial charge in [0.25, 0.3) is 0 Å². The van der Waals surface area contributed by atoms with Gasteiger partial charge in [-0.05, 0) is 6.07 Å². The molecule has 0 unspecified atom stereocenters. The molecule has 5 heteroatoms. The fraction of sp³-hybridized carbons (Fsp3) is 0.333. The summed E-state index contributed by atoms with van der Waals surface area (Å²) in [4.78, 5) is 0. The number of halogens is 2. The number of rotatable bonds is 2. The van der Waals surface area contributed by atoms with Gasteiger partial charge in [-0.1, -0.05) is 23.2 Å². The number of ether oxygens (including phenoxy) is 1. The summed E-state index contributed by atoms with van der Waals surface area (Å²) >= 11 is 11.2. The molecule has 0 aliphatic rings. The lowest BCUT2D eigenvalue weighted by Crippen LogP contribution is -1.94. The van der Waals surface area contributed by atoms with Gasteiger partial charge >= 0.3 is 0 Å². The fourth-order valence-corrected chi connectivity index (χ4v) is 0.865. The van der Waals surface area contributed by atoms with Crippen LogP contribution in [0.1, 0.15) is 5.69 Å². The quantitative estimate of drug-likeness (QED) is 0.719. The topological polar surface area (TPSA) is 35.0 Å². The summed E-state index contributed by atoms with van der Waals surface area (Å²) in [5.41, 5.74) is 0.668. The number of methoxy groups -OCH3 is 1. The van der Waals surface area contributed by atoms with E-state index in [0.717, 1.165) is 0 Å². The monoisotopic (exact) mass is 192 g/mol. The van der Waals surface area contributed by atoms with Crippen molar-refractivity contribution in [2.45, 2.75) is 6.61 Å². The van der Waals surface area contributed by atoms with Crippen LogP contribution < -0.4 is 0 Å². The Bertz CT molecular complexity index is 254. The molecule has 1 rings (SSSR count). The summed E-state index contributed by atoms with van der Waals surface area (Å²) in [5, 5.41) is 7.95. The van der Waals surface area contributed by atoms with Crippen molar-refractivity contribution in [3.63, 3.8) is 0 Å². The van der Waals surface area contributed by atoms with Crippen LogP contribution in [0.5, 0.6) is 0 Å². The van der Waals surface area contributed by atoms with Crippen molar-refractivity contribution < 1.29 is 4.74 Å². The molecule has 0 radical (unpaired) electrons. The molecule has 0 fully saturated rings. The molecule has 0 N–H and O–H groups in total. The first kappa shape index (κ1) is 8.71. The highest BCUT2D eigenvalue weighted by Gasteiger charge is 2.01. The molecule has 1 heterocycles. The predicted molar refractivity (Wildman–Crippen MR) is 42.8 cm³/mol. The lowest BCUT2D eigenvalue weighted by Gasteiger charge is -1.97. The molecule has 0 saturated carbocycles. The van der Waals surface area contributed by atoms with E-state index in [4.69, 9.17) is 27.9 Å². The van der Waals surface area contributed by atoms with Crippen LogP contribution in [-0.2, 0) is 11.3 Å². The van der Waals surface area contributed by atoms with Gasteiger partial charge in [-0.2, -0.15) is 5.10 Å². The minimum absolute atomic E-state index is 0.214. The third-order valence-electron chi connectivity index (χ3n) is 1.05. The number of hydrogen-bond acceptors (Lipinski definition) is 3. The van der Waals surface area contributed by atoms with Crippen LogP contribution in [0.25, 0.3) is 0 Å². The normalized spacial score (nSPS) is 10.1. The summed E-state index contributed by atoms with van der Waals surface area (Å²) in [6.07, 6.45) is 0. The Morgan fingerprint density at radius 2 is 2.18 bits per heavy atom. The minimum Gasteiger partial charge on any atom is -0.378 e. The Morgan fingerprint density at radius 1 is 1.45 bits per heavy atom. The maximum Gasteiger partial charge on any atom is 0.170 e. The van der Waals surface area contributed by atoms with Gasteiger partial charge in [-0.3, -0.25) is 0 Å². The third kappa shape index (κ3) is 2.29. The molecule has 0 amide bonds. The third-order valence-corrected chi connectivity index (χ3v) is 1.71. The second kappa shape index (κ2) is 3.85. The van der Waals surface area contributed by atoms with E-state index in [0.29, 0.717) is 17.3 Å². The first-order chi connectivity index (χ1) is 5.24. The first-order valence-electron chi connectivity index (χ1n) is 2.90. The van der Waals surface area contributed by atoms with Gasteiger partial charge in [0.1, 0.15) is 0 Å². The molecule has 3 nitrogen and oxygen atoms in total. The van der Waals surface area contributed by atoms with Gasteiger partial charge in [0, 0.05) is 7.11 Å². The van der Waals surface area contributed by atoms with Crippen molar-refractivity contribution in [3.05, 3.63) is 21.9 Å². The van der Waals surface area contributed by atoms with Crippen LogP contribution in [0.3, 0.4) is 0 Å². The molecule has 0 aromatic carbocycles. The van der Waals surface area contributed by atoms with Crippen molar-refractivity contribution >= 4 is 23.2 Å². The zero-order chi connectivity index (χ0) is 8.27. The van der Waals surface area contributed by atoms with E-state index >= 15 is 0 Å². The molecule has 60 valence electrons. The Hall–Kier alpha value is -0.380. The van der Waals surface area contributed by atoms with Crippen LogP contribution >= 0.6 is 23.2 Å². The van der Waals surface area contributed by atoms with E-state index in [9.17, 15) is 0 Å². The van der Waals surface area contributed by atoms with Gasteiger partial charge in [-0.25, -0.2) is 0 Å². The fourth-order valence-electron chi connectivity index (χ4n) is 0.609. The molecule has 11 heavy (non-hydrogen) atoms. The van der Waals surface area contributed by atoms with Crippen molar-refractivity contribution in [2.75, 3.05) is 7.11 Å². The molecule has 0 aliphatic carbocycles. The second-order valence-corrected chi connectivity index (χ2v) is 2.67. The number of nitrogens with zero attached hydrogens (tertiary/aromatic N) is 2. The second-order valence-electron chi connectivity index (χ2n) is 1.91. The van der Waals surface area contributed by atoms with Crippen molar-refractivity contribution in [1.29, 1.82) is 0 Å². The Kier molecular flexibility index (Phi) is 3.05. The standard InChI is InChI=1S/C6H6Cl2N2O/c1-11-3-4-2-5(7)6(8)10-9-4/h2H,3H2,1H3. The van der Waals surface area contributed by atoms with E-state index in [2.05, 4.69) is 10.2 Å². The Morgan fingerprint density at radius 3 is 2.73 bits per heavy atom. The highest BCUT2D eigenvalue weighted by Crippen LogP contribution is 2.18. The average Bonchev–Trinajstić information content (AvgIpc) is 1.98. The van der Waals surface area contributed by atoms with E-state index < -0.39 is 0 Å². The zero-order valence-electron chi connectivity index (χ0n) is 5.84. The molecule has 0 atom stereocenters. The van der Waals surface area contributed by atoms with Crippen LogP contribution in [-0.4, -0.2) is 17.3 Å². The summed E-state index contributed by atoms with van der Waals surface area (Å²) < 4.78 is 4.82. The summed E-state index contributed by atoms with van der Waals surface area (Å²) in [6, 6.07) is 1.63. The lowest BCUT2D eigenvalue weighted by molar-refractivity contribution is 0.180. The van der Waals surface area contributed by atoms with Gasteiger partial charge in [0.2, 0.25) is 0 Å². The predicted octanol–water partition coefficient (Wildman–Crippen LogP) is 1.93. The van der Waals surface area contributed by atoms with Gasteiger partial charge in [0.05, 0.1) is 17.3 Å². The average molecular weight is 193 g/mol. The smallest absolute Gasteiger partial charge is 0.170 e. The molecular weight excluding hydrogens is 187 g/mol. The zero-order valence-corrected chi connectivity index (χ0v) is 7.35. The number of hydrogen-bond donors (Lipinski definition) is 0. The van der Waals surface area contributed by atoms with Crippen LogP contribution in [0.2, 0.25) is 10.2 Å². The lowest BCUT2D eigenvalue weighted by atomic mass is 10.4. The maximum atomic E-state index is 5.66. The maximum absolute atomic E-state index is 5.66. The highest BCUT2D eigenvalue weighted by molar-refractivity contribution is 6.41. The largest absolute Gasteiger partial charge is 0.378 e. The van der Waals surface area contributed by atoms with E-state index in [1.54, 1.807) is 13.2 Å². The first-order valence-corrected chi connectivity index (χ1v) is 3.66. The minimum atomic E-state index is 0.214. The van der Waals surface area contributed by atoms with E-state index in [-0.39, 0.29) is 5.15 Å². The van der Waals surface area contributed by atoms with Crippen molar-refractivity contribution in [3.8, 4) is 0 Å². The molecule has 1 aromatic heterocycles. The van der Waals surface area contributed by atoms with Crippen LogP contribution in [0.15, 0.2) is 6.07 Å². The van der Waals surface area contributed by atoms with Gasteiger partial charge < -0.3 is 4.74 Å². The summed E-state index contributed by atoms with van der Waals surface area (Å²) in [6.45, 7) is 0.393. The molecular formula is C6H6Cl2N2O. The van der Waals surface area contributed by atoms with Crippen molar-refractivity contribution in [2.24, 2.45) is 0 Å². The van der Waals surface area contributed by atoms with Crippen LogP contribution in [0, 0.1) is 0 Å². The molecule has 0 aliphatic heterocycles. The molecule has 0 spiro atoms. The Balaban J connectivity index is 2.86. The number of aromatic nitrogens is 2. The summed E-state index contributed by atoms with van der Waals surface area (Å²) in [7, 11) is 1.57. The van der Waals surface area contributed by atoms with E-state index in [1.165, 1.54) is 0 Å². The molecule has 0 bridgehead atoms. The van der Waals surface area contributed by atoms with Crippen molar-refractivity contribution in [1.82, 2.24) is 10.2 Å². The van der Waals surface area contributed by atoms with Gasteiger partial charge in [0.15, 0.2) is 5.15 Å². The molecule has 0 saturated heterocycles.